The lowest BCUT2D eigenvalue weighted by Crippen LogP contribution is -2.35. The highest BCUT2D eigenvalue weighted by atomic mass is 16.1. The van der Waals surface area contributed by atoms with Crippen molar-refractivity contribution in [2.45, 2.75) is 26.7 Å². The molecule has 4 heteroatoms. The van der Waals surface area contributed by atoms with Crippen LogP contribution < -0.4 is 4.90 Å². The lowest BCUT2D eigenvalue weighted by atomic mass is 10.1. The van der Waals surface area contributed by atoms with Gasteiger partial charge in [-0.3, -0.25) is 4.79 Å². The van der Waals surface area contributed by atoms with Gasteiger partial charge in [-0.1, -0.05) is 0 Å². The highest BCUT2D eigenvalue weighted by Gasteiger charge is 2.21. The number of piperidine rings is 1. The predicted molar refractivity (Wildman–Crippen MR) is 64.9 cm³/mol. The van der Waals surface area contributed by atoms with E-state index in [1.54, 1.807) is 0 Å². The van der Waals surface area contributed by atoms with Gasteiger partial charge in [0.1, 0.15) is 17.7 Å². The van der Waals surface area contributed by atoms with Gasteiger partial charge in [0.05, 0.1) is 5.56 Å². The van der Waals surface area contributed by atoms with Crippen LogP contribution in [0, 0.1) is 25.2 Å². The van der Waals surface area contributed by atoms with Gasteiger partial charge < -0.3 is 4.90 Å². The number of carbonyl (C=O) groups is 1. The molecule has 0 amide bonds. The first-order valence-electron chi connectivity index (χ1n) is 5.77. The van der Waals surface area contributed by atoms with Crippen LogP contribution >= 0.6 is 0 Å². The molecule has 0 N–H and O–H groups in total. The Kier molecular flexibility index (Phi) is 3.10. The Morgan fingerprint density at radius 1 is 1.35 bits per heavy atom. The molecule has 1 aliphatic rings. The molecule has 0 aliphatic carbocycles. The average molecular weight is 229 g/mol. The van der Waals surface area contributed by atoms with Crippen LogP contribution in [0.2, 0.25) is 0 Å². The minimum atomic E-state index is 0.295. The number of ketones is 1. The minimum Gasteiger partial charge on any atom is -0.355 e. The summed E-state index contributed by atoms with van der Waals surface area (Å²) in [5.41, 5.74) is 2.49. The molecule has 0 aromatic carbocycles. The number of rotatable bonds is 1. The van der Waals surface area contributed by atoms with Gasteiger partial charge >= 0.3 is 0 Å². The Morgan fingerprint density at radius 3 is 2.59 bits per heavy atom. The molecule has 2 heterocycles. The molecule has 0 radical (unpaired) electrons. The third kappa shape index (κ3) is 2.28. The molecule has 0 unspecified atom stereocenters. The summed E-state index contributed by atoms with van der Waals surface area (Å²) in [6, 6.07) is 4.12. The molecular formula is C13H15N3O. The van der Waals surface area contributed by atoms with Gasteiger partial charge in [-0.25, -0.2) is 4.98 Å². The van der Waals surface area contributed by atoms with Crippen molar-refractivity contribution in [1.29, 1.82) is 5.26 Å². The number of hydrogen-bond acceptors (Lipinski definition) is 4. The Bertz CT molecular complexity index is 492. The maximum atomic E-state index is 11.2. The van der Waals surface area contributed by atoms with Crippen molar-refractivity contribution in [2.24, 2.45) is 0 Å². The Balaban J connectivity index is 2.38. The summed E-state index contributed by atoms with van der Waals surface area (Å²) >= 11 is 0. The number of anilines is 1. The highest BCUT2D eigenvalue weighted by Crippen LogP contribution is 2.23. The van der Waals surface area contributed by atoms with E-state index in [0.717, 1.165) is 17.1 Å². The van der Waals surface area contributed by atoms with Crippen molar-refractivity contribution in [3.8, 4) is 6.07 Å². The quantitative estimate of drug-likeness (QED) is 0.736. The third-order valence-electron chi connectivity index (χ3n) is 3.06. The summed E-state index contributed by atoms with van der Waals surface area (Å²) in [5, 5.41) is 9.19. The first-order chi connectivity index (χ1) is 8.11. The van der Waals surface area contributed by atoms with Crippen molar-refractivity contribution in [1.82, 2.24) is 4.98 Å². The van der Waals surface area contributed by atoms with E-state index in [9.17, 15) is 10.1 Å². The fraction of sp³-hybridized carbons (Fsp3) is 0.462. The van der Waals surface area contributed by atoms with Gasteiger partial charge in [0.25, 0.3) is 0 Å². The van der Waals surface area contributed by atoms with Crippen molar-refractivity contribution in [3.05, 3.63) is 22.9 Å². The van der Waals surface area contributed by atoms with Crippen LogP contribution in [-0.4, -0.2) is 23.9 Å². The van der Waals surface area contributed by atoms with E-state index >= 15 is 0 Å². The van der Waals surface area contributed by atoms with E-state index in [0.29, 0.717) is 37.3 Å². The van der Waals surface area contributed by atoms with Crippen molar-refractivity contribution in [3.63, 3.8) is 0 Å². The molecule has 0 spiro atoms. The molecule has 1 aromatic heterocycles. The molecule has 2 rings (SSSR count). The Morgan fingerprint density at radius 2 is 2.00 bits per heavy atom. The molecule has 1 aromatic rings. The summed E-state index contributed by atoms with van der Waals surface area (Å²) in [5.74, 6) is 1.03. The number of aryl methyl sites for hydroxylation is 2. The largest absolute Gasteiger partial charge is 0.355 e. The van der Waals surface area contributed by atoms with Crippen LogP contribution in [0.3, 0.4) is 0 Å². The summed E-state index contributed by atoms with van der Waals surface area (Å²) in [6.45, 7) is 5.19. The Labute approximate surface area is 101 Å². The monoisotopic (exact) mass is 229 g/mol. The molecule has 88 valence electrons. The number of pyridine rings is 1. The van der Waals surface area contributed by atoms with Crippen molar-refractivity contribution < 1.29 is 4.79 Å². The normalized spacial score (nSPS) is 15.8. The zero-order valence-corrected chi connectivity index (χ0v) is 10.2. The molecule has 17 heavy (non-hydrogen) atoms. The maximum Gasteiger partial charge on any atom is 0.147 e. The SMILES string of the molecule is Cc1cc(C)c(C#N)c(N2CCC(=O)CC2)n1. The zero-order chi connectivity index (χ0) is 12.4. The van der Waals surface area contributed by atoms with Crippen LogP contribution in [-0.2, 0) is 4.79 Å². The smallest absolute Gasteiger partial charge is 0.147 e. The molecule has 0 saturated carbocycles. The Hall–Kier alpha value is -1.89. The number of hydrogen-bond donors (Lipinski definition) is 0. The number of nitriles is 1. The van der Waals surface area contributed by atoms with Crippen LogP contribution in [0.5, 0.6) is 0 Å². The lowest BCUT2D eigenvalue weighted by Gasteiger charge is -2.28. The topological polar surface area (TPSA) is 57.0 Å². The second-order valence-electron chi connectivity index (χ2n) is 4.42. The highest BCUT2D eigenvalue weighted by molar-refractivity contribution is 5.81. The van der Waals surface area contributed by atoms with Crippen LogP contribution in [0.15, 0.2) is 6.07 Å². The summed E-state index contributed by atoms with van der Waals surface area (Å²) < 4.78 is 0. The second kappa shape index (κ2) is 4.54. The van der Waals surface area contributed by atoms with Gasteiger partial charge in [0.15, 0.2) is 0 Å². The van der Waals surface area contributed by atoms with E-state index in [-0.39, 0.29) is 0 Å². The van der Waals surface area contributed by atoms with Crippen LogP contribution in [0.4, 0.5) is 5.82 Å². The van der Waals surface area contributed by atoms with E-state index in [4.69, 9.17) is 0 Å². The number of carbonyl (C=O) groups excluding carboxylic acids is 1. The molecule has 0 atom stereocenters. The van der Waals surface area contributed by atoms with E-state index < -0.39 is 0 Å². The first kappa shape index (κ1) is 11.6. The standard InChI is InChI=1S/C13H15N3O/c1-9-7-10(2)15-13(12(9)8-14)16-5-3-11(17)4-6-16/h7H,3-6H2,1-2H3. The third-order valence-corrected chi connectivity index (χ3v) is 3.06. The zero-order valence-electron chi connectivity index (χ0n) is 10.2. The van der Waals surface area contributed by atoms with Gasteiger partial charge in [0, 0.05) is 31.6 Å². The molecule has 1 saturated heterocycles. The van der Waals surface area contributed by atoms with E-state index in [1.807, 2.05) is 24.8 Å². The molecule has 1 fully saturated rings. The molecule has 0 bridgehead atoms. The molecule has 1 aliphatic heterocycles. The van der Waals surface area contributed by atoms with Crippen LogP contribution in [0.25, 0.3) is 0 Å². The summed E-state index contributed by atoms with van der Waals surface area (Å²) in [6.07, 6.45) is 1.11. The van der Waals surface area contributed by atoms with Gasteiger partial charge in [-0.05, 0) is 25.5 Å². The maximum absolute atomic E-state index is 11.2. The van der Waals surface area contributed by atoms with Gasteiger partial charge in [-0.15, -0.1) is 0 Å². The minimum absolute atomic E-state index is 0.295. The number of nitrogens with zero attached hydrogens (tertiary/aromatic N) is 3. The molecular weight excluding hydrogens is 214 g/mol. The predicted octanol–water partition coefficient (Wildman–Crippen LogP) is 1.74. The fourth-order valence-corrected chi connectivity index (χ4v) is 2.15. The second-order valence-corrected chi connectivity index (χ2v) is 4.42. The fourth-order valence-electron chi connectivity index (χ4n) is 2.15. The van der Waals surface area contributed by atoms with Crippen molar-refractivity contribution in [2.75, 3.05) is 18.0 Å². The number of aromatic nitrogens is 1. The summed E-state index contributed by atoms with van der Waals surface area (Å²) in [4.78, 5) is 17.7. The van der Waals surface area contributed by atoms with Gasteiger partial charge in [-0.2, -0.15) is 5.26 Å². The first-order valence-corrected chi connectivity index (χ1v) is 5.77. The van der Waals surface area contributed by atoms with Gasteiger partial charge in [0.2, 0.25) is 0 Å². The number of Topliss-reactive ketones (excluding diaryl/α,β-unsaturated/α-hetero) is 1. The lowest BCUT2D eigenvalue weighted by molar-refractivity contribution is -0.119. The van der Waals surface area contributed by atoms with E-state index in [2.05, 4.69) is 11.1 Å². The summed E-state index contributed by atoms with van der Waals surface area (Å²) in [7, 11) is 0. The van der Waals surface area contributed by atoms with E-state index in [1.165, 1.54) is 0 Å². The van der Waals surface area contributed by atoms with Crippen molar-refractivity contribution >= 4 is 11.6 Å². The van der Waals surface area contributed by atoms with Crippen LogP contribution in [0.1, 0.15) is 29.7 Å². The molecule has 4 nitrogen and oxygen atoms in total. The average Bonchev–Trinajstić information content (AvgIpc) is 2.29.